The molecule has 0 amide bonds. The lowest BCUT2D eigenvalue weighted by Crippen LogP contribution is -2.09. The normalized spacial score (nSPS) is 11.6. The minimum atomic E-state index is -4.47. The van der Waals surface area contributed by atoms with Gasteiger partial charge in [-0.05, 0) is 13.0 Å². The monoisotopic (exact) mass is 254 g/mol. The van der Waals surface area contributed by atoms with E-state index in [1.54, 1.807) is 6.92 Å². The molecule has 0 aliphatic heterocycles. The van der Waals surface area contributed by atoms with Crippen molar-refractivity contribution < 1.29 is 13.2 Å². The third-order valence-corrected chi connectivity index (χ3v) is 2.50. The van der Waals surface area contributed by atoms with E-state index in [2.05, 4.69) is 15.0 Å². The molecule has 0 fully saturated rings. The average molecular weight is 254 g/mol. The van der Waals surface area contributed by atoms with Crippen molar-refractivity contribution in [3.63, 3.8) is 0 Å². The highest BCUT2D eigenvalue weighted by atomic mass is 19.4. The van der Waals surface area contributed by atoms with Crippen LogP contribution in [0.3, 0.4) is 0 Å². The van der Waals surface area contributed by atoms with Gasteiger partial charge in [-0.3, -0.25) is 4.98 Å². The minimum absolute atomic E-state index is 0.100. The van der Waals surface area contributed by atoms with Crippen molar-refractivity contribution in [2.75, 3.05) is 5.73 Å². The average Bonchev–Trinajstić information content (AvgIpc) is 2.32. The number of anilines is 1. The van der Waals surface area contributed by atoms with Gasteiger partial charge in [0, 0.05) is 23.5 Å². The zero-order chi connectivity index (χ0) is 13.3. The van der Waals surface area contributed by atoms with E-state index in [-0.39, 0.29) is 17.1 Å². The maximum absolute atomic E-state index is 12.9. The predicted octanol–water partition coefficient (Wildman–Crippen LogP) is 2.45. The predicted molar refractivity (Wildman–Crippen MR) is 59.4 cm³/mol. The fourth-order valence-electron chi connectivity index (χ4n) is 1.57. The Hall–Kier alpha value is -2.18. The number of hydrogen-bond acceptors (Lipinski definition) is 4. The molecule has 0 spiro atoms. The Bertz CT molecular complexity index is 581. The molecular formula is C11H9F3N4. The molecule has 0 aliphatic rings. The highest BCUT2D eigenvalue weighted by Gasteiger charge is 2.34. The summed E-state index contributed by atoms with van der Waals surface area (Å²) in [5.74, 6) is 0.150. The summed E-state index contributed by atoms with van der Waals surface area (Å²) in [5.41, 5.74) is 5.21. The first-order valence-electron chi connectivity index (χ1n) is 5.00. The molecule has 2 aromatic rings. The first-order valence-corrected chi connectivity index (χ1v) is 5.00. The molecule has 2 rings (SSSR count). The standard InChI is InChI=1S/C11H9F3N4/c1-6-9(17-5-18-10(6)15)7-4-16-3-2-8(7)11(12,13)14/h2-5H,1H3,(H2,15,17,18). The SMILES string of the molecule is Cc1c(N)ncnc1-c1cnccc1C(F)(F)F. The van der Waals surface area contributed by atoms with Gasteiger partial charge in [0.05, 0.1) is 11.3 Å². The van der Waals surface area contributed by atoms with Crippen molar-refractivity contribution in [3.8, 4) is 11.3 Å². The van der Waals surface area contributed by atoms with Crippen LogP contribution in [0.2, 0.25) is 0 Å². The van der Waals surface area contributed by atoms with Gasteiger partial charge >= 0.3 is 6.18 Å². The van der Waals surface area contributed by atoms with Crippen molar-refractivity contribution in [3.05, 3.63) is 35.9 Å². The first-order chi connectivity index (χ1) is 8.41. The molecular weight excluding hydrogens is 245 g/mol. The summed E-state index contributed by atoms with van der Waals surface area (Å²) in [6.07, 6.45) is -1.13. The van der Waals surface area contributed by atoms with Crippen LogP contribution in [0.15, 0.2) is 24.8 Å². The molecule has 0 bridgehead atoms. The number of aromatic nitrogens is 3. The van der Waals surface area contributed by atoms with E-state index >= 15 is 0 Å². The summed E-state index contributed by atoms with van der Waals surface area (Å²) < 4.78 is 38.6. The van der Waals surface area contributed by atoms with E-state index in [0.717, 1.165) is 24.8 Å². The molecule has 18 heavy (non-hydrogen) atoms. The number of halogens is 3. The largest absolute Gasteiger partial charge is 0.417 e. The number of pyridine rings is 1. The van der Waals surface area contributed by atoms with E-state index in [4.69, 9.17) is 5.73 Å². The summed E-state index contributed by atoms with van der Waals surface area (Å²) in [7, 11) is 0. The fourth-order valence-corrected chi connectivity index (χ4v) is 1.57. The van der Waals surface area contributed by atoms with Crippen LogP contribution in [0, 0.1) is 6.92 Å². The Labute approximate surface area is 101 Å². The maximum atomic E-state index is 12.9. The minimum Gasteiger partial charge on any atom is -0.383 e. The zero-order valence-corrected chi connectivity index (χ0v) is 9.36. The summed E-state index contributed by atoms with van der Waals surface area (Å²) >= 11 is 0. The summed E-state index contributed by atoms with van der Waals surface area (Å²) in [6, 6.07) is 0.910. The molecule has 0 aromatic carbocycles. The number of nitrogens with zero attached hydrogens (tertiary/aromatic N) is 3. The van der Waals surface area contributed by atoms with Crippen LogP contribution >= 0.6 is 0 Å². The van der Waals surface area contributed by atoms with Crippen LogP contribution in [0.25, 0.3) is 11.3 Å². The smallest absolute Gasteiger partial charge is 0.383 e. The molecule has 7 heteroatoms. The molecule has 2 N–H and O–H groups in total. The summed E-state index contributed by atoms with van der Waals surface area (Å²) in [5, 5.41) is 0. The van der Waals surface area contributed by atoms with Crippen LogP contribution in [0.4, 0.5) is 19.0 Å². The summed E-state index contributed by atoms with van der Waals surface area (Å²) in [4.78, 5) is 11.3. The van der Waals surface area contributed by atoms with E-state index in [9.17, 15) is 13.2 Å². The van der Waals surface area contributed by atoms with Gasteiger partial charge in [-0.15, -0.1) is 0 Å². The van der Waals surface area contributed by atoms with Gasteiger partial charge in [-0.1, -0.05) is 0 Å². The van der Waals surface area contributed by atoms with Crippen LogP contribution in [0.1, 0.15) is 11.1 Å². The van der Waals surface area contributed by atoms with E-state index in [1.807, 2.05) is 0 Å². The van der Waals surface area contributed by atoms with Gasteiger partial charge in [-0.25, -0.2) is 9.97 Å². The van der Waals surface area contributed by atoms with Crippen molar-refractivity contribution in [2.24, 2.45) is 0 Å². The number of alkyl halides is 3. The molecule has 94 valence electrons. The molecule has 0 atom stereocenters. The van der Waals surface area contributed by atoms with Gasteiger partial charge in [0.25, 0.3) is 0 Å². The Balaban J connectivity index is 2.69. The van der Waals surface area contributed by atoms with Crippen molar-refractivity contribution >= 4 is 5.82 Å². The number of nitrogen functional groups attached to an aromatic ring is 1. The van der Waals surface area contributed by atoms with E-state index < -0.39 is 11.7 Å². The molecule has 0 unspecified atom stereocenters. The zero-order valence-electron chi connectivity index (χ0n) is 9.36. The second kappa shape index (κ2) is 4.25. The first kappa shape index (κ1) is 12.3. The number of nitrogens with two attached hydrogens (primary N) is 1. The van der Waals surface area contributed by atoms with Gasteiger partial charge in [-0.2, -0.15) is 13.2 Å². The number of hydrogen-bond donors (Lipinski definition) is 1. The Morgan fingerprint density at radius 1 is 1.22 bits per heavy atom. The molecule has 0 aliphatic carbocycles. The second-order valence-electron chi connectivity index (χ2n) is 3.65. The lowest BCUT2D eigenvalue weighted by Gasteiger charge is -2.13. The molecule has 2 aromatic heterocycles. The van der Waals surface area contributed by atoms with E-state index in [1.165, 1.54) is 0 Å². The van der Waals surface area contributed by atoms with Crippen LogP contribution < -0.4 is 5.73 Å². The Kier molecular flexibility index (Phi) is 2.90. The lowest BCUT2D eigenvalue weighted by atomic mass is 10.0. The van der Waals surface area contributed by atoms with Crippen molar-refractivity contribution in [2.45, 2.75) is 13.1 Å². The van der Waals surface area contributed by atoms with Gasteiger partial charge in [0.15, 0.2) is 0 Å². The quantitative estimate of drug-likeness (QED) is 0.848. The van der Waals surface area contributed by atoms with Crippen LogP contribution in [0.5, 0.6) is 0 Å². The van der Waals surface area contributed by atoms with Crippen molar-refractivity contribution in [1.82, 2.24) is 15.0 Å². The van der Waals surface area contributed by atoms with Crippen molar-refractivity contribution in [1.29, 1.82) is 0 Å². The molecule has 0 saturated heterocycles. The molecule has 4 nitrogen and oxygen atoms in total. The summed E-state index contributed by atoms with van der Waals surface area (Å²) in [6.45, 7) is 1.57. The van der Waals surface area contributed by atoms with Crippen LogP contribution in [-0.4, -0.2) is 15.0 Å². The fraction of sp³-hybridized carbons (Fsp3) is 0.182. The lowest BCUT2D eigenvalue weighted by molar-refractivity contribution is -0.137. The van der Waals surface area contributed by atoms with Gasteiger partial charge in [0.2, 0.25) is 0 Å². The Morgan fingerprint density at radius 2 is 1.94 bits per heavy atom. The van der Waals surface area contributed by atoms with E-state index in [0.29, 0.717) is 5.56 Å². The third-order valence-electron chi connectivity index (χ3n) is 2.50. The molecule has 0 radical (unpaired) electrons. The maximum Gasteiger partial charge on any atom is 0.417 e. The third kappa shape index (κ3) is 2.11. The Morgan fingerprint density at radius 3 is 2.61 bits per heavy atom. The van der Waals surface area contributed by atoms with Gasteiger partial charge < -0.3 is 5.73 Å². The molecule has 2 heterocycles. The highest BCUT2D eigenvalue weighted by molar-refractivity contribution is 5.69. The molecule has 0 saturated carbocycles. The second-order valence-corrected chi connectivity index (χ2v) is 3.65. The number of rotatable bonds is 1. The highest BCUT2D eigenvalue weighted by Crippen LogP contribution is 2.37. The topological polar surface area (TPSA) is 64.7 Å². The van der Waals surface area contributed by atoms with Gasteiger partial charge in [0.1, 0.15) is 12.1 Å². The van der Waals surface area contributed by atoms with Crippen LogP contribution in [-0.2, 0) is 6.18 Å².